The van der Waals surface area contributed by atoms with E-state index in [-0.39, 0.29) is 24.0 Å². The Balaban J connectivity index is 1.51. The molecule has 0 heterocycles. The van der Waals surface area contributed by atoms with Crippen LogP contribution in [-0.2, 0) is 4.79 Å². The van der Waals surface area contributed by atoms with Crippen LogP contribution in [0.25, 0.3) is 0 Å². The van der Waals surface area contributed by atoms with Crippen LogP contribution in [0.4, 0.5) is 0 Å². The number of carboxylic acid groups (broad SMARTS) is 1. The lowest BCUT2D eigenvalue weighted by Crippen LogP contribution is -2.58. The summed E-state index contributed by atoms with van der Waals surface area (Å²) in [6, 6.07) is 0. The van der Waals surface area contributed by atoms with Crippen LogP contribution in [0.1, 0.15) is 91.4 Å². The number of carboxylic acids is 1. The average molecular weight is 407 g/mol. The summed E-state index contributed by atoms with van der Waals surface area (Å²) in [4.78, 5) is 10.9. The molecule has 10 atom stereocenters. The van der Waals surface area contributed by atoms with Gasteiger partial charge in [0.2, 0.25) is 0 Å². The number of rotatable bonds is 5. The van der Waals surface area contributed by atoms with E-state index in [0.29, 0.717) is 40.9 Å². The molecule has 0 aromatic carbocycles. The van der Waals surface area contributed by atoms with Crippen LogP contribution in [0, 0.1) is 46.3 Å². The summed E-state index contributed by atoms with van der Waals surface area (Å²) in [6.07, 6.45) is 10.4. The molecule has 4 aliphatic carbocycles. The predicted octanol–water partition coefficient (Wildman–Crippen LogP) is 4.87. The van der Waals surface area contributed by atoms with Gasteiger partial charge in [-0.3, -0.25) is 4.79 Å². The Bertz CT molecular complexity index is 620. The van der Waals surface area contributed by atoms with Gasteiger partial charge in [0.05, 0.1) is 12.2 Å². The average Bonchev–Trinajstić information content (AvgIpc) is 3.00. The first-order valence-corrected chi connectivity index (χ1v) is 12.2. The van der Waals surface area contributed by atoms with Crippen molar-refractivity contribution in [1.29, 1.82) is 0 Å². The highest BCUT2D eigenvalue weighted by atomic mass is 16.4. The van der Waals surface area contributed by atoms with Crippen molar-refractivity contribution in [2.75, 3.05) is 0 Å². The fraction of sp³-hybridized carbons (Fsp3) is 0.960. The van der Waals surface area contributed by atoms with Gasteiger partial charge < -0.3 is 15.3 Å². The van der Waals surface area contributed by atoms with Gasteiger partial charge in [0.1, 0.15) is 0 Å². The van der Waals surface area contributed by atoms with Crippen molar-refractivity contribution in [3.8, 4) is 0 Å². The molecule has 4 rings (SSSR count). The maximum atomic E-state index is 11.3. The zero-order chi connectivity index (χ0) is 21.0. The molecule has 0 saturated heterocycles. The van der Waals surface area contributed by atoms with Crippen molar-refractivity contribution in [2.24, 2.45) is 46.3 Å². The Morgan fingerprint density at radius 2 is 1.69 bits per heavy atom. The van der Waals surface area contributed by atoms with Crippen LogP contribution in [0.5, 0.6) is 0 Å². The van der Waals surface area contributed by atoms with Crippen LogP contribution in [0.2, 0.25) is 0 Å². The highest BCUT2D eigenvalue weighted by Gasteiger charge is 2.62. The van der Waals surface area contributed by atoms with Crippen molar-refractivity contribution in [3.63, 3.8) is 0 Å². The zero-order valence-electron chi connectivity index (χ0n) is 18.6. The van der Waals surface area contributed by atoms with E-state index in [1.54, 1.807) is 0 Å². The molecule has 29 heavy (non-hydrogen) atoms. The van der Waals surface area contributed by atoms with Crippen molar-refractivity contribution >= 4 is 5.97 Å². The molecule has 0 bridgehead atoms. The third kappa shape index (κ3) is 3.56. The third-order valence-corrected chi connectivity index (χ3v) is 10.5. The van der Waals surface area contributed by atoms with Gasteiger partial charge in [0.25, 0.3) is 0 Å². The molecular formula is C25H42O4. The molecule has 4 heteroatoms. The summed E-state index contributed by atoms with van der Waals surface area (Å²) >= 11 is 0. The Hall–Kier alpha value is -0.610. The standard InChI is InChI=1S/C25H42O4/c1-15(5-4-6-22(28)29)18-7-8-19-23-20(10-12-25(18,19)3)24(2)11-9-17(26)13-16(24)14-21(23)27/h15-21,23,26-27H,4-14H2,1-3H3,(H,28,29)/t15-,16+,17-,18-,19+,20+,21-,23+,24+,25-/m1/s1. The normalized spacial score (nSPS) is 50.3. The predicted molar refractivity (Wildman–Crippen MR) is 113 cm³/mol. The van der Waals surface area contributed by atoms with Gasteiger partial charge in [-0.05, 0) is 111 Å². The summed E-state index contributed by atoms with van der Waals surface area (Å²) in [7, 11) is 0. The van der Waals surface area contributed by atoms with E-state index in [4.69, 9.17) is 5.11 Å². The number of aliphatic hydroxyl groups excluding tert-OH is 2. The highest BCUT2D eigenvalue weighted by Crippen LogP contribution is 2.68. The first kappa shape index (κ1) is 21.6. The topological polar surface area (TPSA) is 77.8 Å². The van der Waals surface area contributed by atoms with E-state index in [1.165, 1.54) is 25.7 Å². The SMILES string of the molecule is C[C@H](CCCC(=O)O)[C@H]1CC[C@H]2[C@@H]3[C@H](O)C[C@@H]4C[C@H](O)CC[C@]4(C)[C@H]3CC[C@]12C. The third-order valence-electron chi connectivity index (χ3n) is 10.5. The first-order chi connectivity index (χ1) is 13.7. The molecule has 0 aromatic heterocycles. The minimum atomic E-state index is -0.682. The Kier molecular flexibility index (Phi) is 5.83. The summed E-state index contributed by atoms with van der Waals surface area (Å²) in [6.45, 7) is 7.30. The summed E-state index contributed by atoms with van der Waals surface area (Å²) in [5, 5.41) is 30.5. The van der Waals surface area contributed by atoms with Gasteiger partial charge in [0, 0.05) is 6.42 Å². The quantitative estimate of drug-likeness (QED) is 0.609. The van der Waals surface area contributed by atoms with Gasteiger partial charge in [-0.2, -0.15) is 0 Å². The lowest BCUT2D eigenvalue weighted by Gasteiger charge is -2.62. The lowest BCUT2D eigenvalue weighted by molar-refractivity contribution is -0.174. The molecule has 0 amide bonds. The van der Waals surface area contributed by atoms with E-state index in [1.807, 2.05) is 0 Å². The number of hydrogen-bond acceptors (Lipinski definition) is 3. The molecule has 4 fully saturated rings. The molecule has 4 aliphatic rings. The Morgan fingerprint density at radius 1 is 1.00 bits per heavy atom. The van der Waals surface area contributed by atoms with Gasteiger partial charge in [-0.25, -0.2) is 0 Å². The number of aliphatic hydroxyl groups is 2. The maximum Gasteiger partial charge on any atom is 0.303 e. The summed E-state index contributed by atoms with van der Waals surface area (Å²) < 4.78 is 0. The van der Waals surface area contributed by atoms with Crippen molar-refractivity contribution in [2.45, 2.75) is 104 Å². The van der Waals surface area contributed by atoms with Crippen molar-refractivity contribution < 1.29 is 20.1 Å². The molecule has 0 radical (unpaired) electrons. The van der Waals surface area contributed by atoms with E-state index in [0.717, 1.165) is 38.5 Å². The minimum absolute atomic E-state index is 0.173. The Morgan fingerprint density at radius 3 is 2.41 bits per heavy atom. The second-order valence-corrected chi connectivity index (χ2v) is 11.7. The van der Waals surface area contributed by atoms with Crippen LogP contribution >= 0.6 is 0 Å². The number of carbonyl (C=O) groups is 1. The summed E-state index contributed by atoms with van der Waals surface area (Å²) in [5.74, 6) is 2.64. The largest absolute Gasteiger partial charge is 0.481 e. The number of aliphatic carboxylic acids is 1. The van der Waals surface area contributed by atoms with E-state index in [2.05, 4.69) is 20.8 Å². The molecule has 0 spiro atoms. The van der Waals surface area contributed by atoms with Crippen LogP contribution in [0.15, 0.2) is 0 Å². The van der Waals surface area contributed by atoms with Crippen LogP contribution in [0.3, 0.4) is 0 Å². The van der Waals surface area contributed by atoms with Crippen molar-refractivity contribution in [3.05, 3.63) is 0 Å². The van der Waals surface area contributed by atoms with Crippen LogP contribution < -0.4 is 0 Å². The maximum absolute atomic E-state index is 11.3. The van der Waals surface area contributed by atoms with Gasteiger partial charge in [-0.15, -0.1) is 0 Å². The lowest BCUT2D eigenvalue weighted by atomic mass is 9.43. The van der Waals surface area contributed by atoms with Crippen LogP contribution in [-0.4, -0.2) is 33.5 Å². The van der Waals surface area contributed by atoms with E-state index in [9.17, 15) is 15.0 Å². The zero-order valence-corrected chi connectivity index (χ0v) is 18.6. The Labute approximate surface area is 176 Å². The molecule has 0 aliphatic heterocycles. The molecule has 0 unspecified atom stereocenters. The smallest absolute Gasteiger partial charge is 0.303 e. The number of fused-ring (bicyclic) bond motifs is 5. The molecule has 166 valence electrons. The number of hydrogen-bond donors (Lipinski definition) is 3. The first-order valence-electron chi connectivity index (χ1n) is 12.2. The van der Waals surface area contributed by atoms with Gasteiger partial charge in [-0.1, -0.05) is 20.8 Å². The summed E-state index contributed by atoms with van der Waals surface area (Å²) in [5.41, 5.74) is 0.581. The van der Waals surface area contributed by atoms with Gasteiger partial charge in [0.15, 0.2) is 0 Å². The monoisotopic (exact) mass is 406 g/mol. The van der Waals surface area contributed by atoms with E-state index < -0.39 is 5.97 Å². The van der Waals surface area contributed by atoms with Gasteiger partial charge >= 0.3 is 5.97 Å². The van der Waals surface area contributed by atoms with Crippen molar-refractivity contribution in [1.82, 2.24) is 0 Å². The molecule has 0 aromatic rings. The molecule has 4 saturated carbocycles. The minimum Gasteiger partial charge on any atom is -0.481 e. The molecule has 4 nitrogen and oxygen atoms in total. The van der Waals surface area contributed by atoms with E-state index >= 15 is 0 Å². The second kappa shape index (κ2) is 7.82. The fourth-order valence-electron chi connectivity index (χ4n) is 8.95. The fourth-order valence-corrected chi connectivity index (χ4v) is 8.95. The highest BCUT2D eigenvalue weighted by molar-refractivity contribution is 5.66. The molecule has 3 N–H and O–H groups in total. The second-order valence-electron chi connectivity index (χ2n) is 11.7. The molecular weight excluding hydrogens is 364 g/mol.